The van der Waals surface area contributed by atoms with Crippen LogP contribution in [0.1, 0.15) is 4.88 Å². The van der Waals surface area contributed by atoms with Crippen LogP contribution in [0.3, 0.4) is 0 Å². The lowest BCUT2D eigenvalue weighted by molar-refractivity contribution is -0.123. The summed E-state index contributed by atoms with van der Waals surface area (Å²) in [7, 11) is 0. The predicted octanol–water partition coefficient (Wildman–Crippen LogP) is 3.53. The smallest absolute Gasteiger partial charge is 0.276 e. The third-order valence-electron chi connectivity index (χ3n) is 3.83. The molecular weight excluding hydrogens is 418 g/mol. The van der Waals surface area contributed by atoms with Crippen LogP contribution in [0.15, 0.2) is 78.2 Å². The minimum absolute atomic E-state index is 0.0172. The maximum atomic E-state index is 11.9. The Morgan fingerprint density at radius 3 is 2.37 bits per heavy atom. The largest absolute Gasteiger partial charge is 0.484 e. The zero-order valence-electron chi connectivity index (χ0n) is 15.8. The number of nitrogens with one attached hydrogen (secondary N) is 3. The molecule has 1 heterocycles. The van der Waals surface area contributed by atoms with E-state index in [1.54, 1.807) is 18.2 Å². The van der Waals surface area contributed by atoms with Crippen LogP contribution in [0.2, 0.25) is 0 Å². The van der Waals surface area contributed by atoms with Crippen LogP contribution in [-0.2, 0) is 9.59 Å². The number of rotatable bonds is 6. The van der Waals surface area contributed by atoms with Crippen molar-refractivity contribution in [1.82, 2.24) is 16.2 Å². The molecule has 2 aromatic carbocycles. The first-order valence-electron chi connectivity index (χ1n) is 9.00. The Morgan fingerprint density at radius 2 is 1.67 bits per heavy atom. The number of thiocarbonyl (C=S) groups is 1. The molecule has 8 heteroatoms. The van der Waals surface area contributed by atoms with Gasteiger partial charge in [-0.1, -0.05) is 48.5 Å². The highest BCUT2D eigenvalue weighted by molar-refractivity contribution is 7.80. The van der Waals surface area contributed by atoms with E-state index in [-0.39, 0.29) is 11.7 Å². The van der Waals surface area contributed by atoms with Crippen LogP contribution >= 0.6 is 23.6 Å². The van der Waals surface area contributed by atoms with Gasteiger partial charge in [-0.25, -0.2) is 0 Å². The summed E-state index contributed by atoms with van der Waals surface area (Å²) in [5.74, 6) is -0.266. The van der Waals surface area contributed by atoms with E-state index in [9.17, 15) is 9.59 Å². The molecule has 0 saturated heterocycles. The van der Waals surface area contributed by atoms with Crippen LogP contribution in [0.5, 0.6) is 5.75 Å². The van der Waals surface area contributed by atoms with Crippen LogP contribution in [0.25, 0.3) is 17.2 Å². The standard InChI is InChI=1S/C22H19N3O3S2/c26-20(13-12-19-7-4-14-30-19)23-22(29)25-24-21(27)15-28-18-10-8-17(9-11-18)16-5-2-1-3-6-16/h1-14H,15H2,(H,24,27)(H2,23,25,26,29). The van der Waals surface area contributed by atoms with Crippen LogP contribution in [0, 0.1) is 0 Å². The fraction of sp³-hybridized carbons (Fsp3) is 0.0455. The van der Waals surface area contributed by atoms with Gasteiger partial charge in [-0.05, 0) is 53.0 Å². The summed E-state index contributed by atoms with van der Waals surface area (Å²) in [4.78, 5) is 24.6. The summed E-state index contributed by atoms with van der Waals surface area (Å²) >= 11 is 6.49. The van der Waals surface area contributed by atoms with Gasteiger partial charge < -0.3 is 4.74 Å². The second-order valence-corrected chi connectivity index (χ2v) is 7.41. The number of carbonyl (C=O) groups excluding carboxylic acids is 2. The van der Waals surface area contributed by atoms with Gasteiger partial charge in [0, 0.05) is 11.0 Å². The van der Waals surface area contributed by atoms with E-state index in [1.165, 1.54) is 17.4 Å². The molecule has 0 atom stereocenters. The predicted molar refractivity (Wildman–Crippen MR) is 123 cm³/mol. The first kappa shape index (κ1) is 21.2. The van der Waals surface area contributed by atoms with Crippen molar-refractivity contribution < 1.29 is 14.3 Å². The van der Waals surface area contributed by atoms with Gasteiger partial charge in [0.2, 0.25) is 5.91 Å². The molecule has 2 amide bonds. The van der Waals surface area contributed by atoms with Crippen molar-refractivity contribution in [3.63, 3.8) is 0 Å². The van der Waals surface area contributed by atoms with E-state index in [4.69, 9.17) is 17.0 Å². The number of hydrazine groups is 1. The summed E-state index contributed by atoms with van der Waals surface area (Å²) in [6.07, 6.45) is 3.04. The molecule has 3 aromatic rings. The van der Waals surface area contributed by atoms with E-state index in [2.05, 4.69) is 16.2 Å². The summed E-state index contributed by atoms with van der Waals surface area (Å²) in [6, 6.07) is 21.2. The van der Waals surface area contributed by atoms with Crippen molar-refractivity contribution in [1.29, 1.82) is 0 Å². The van der Waals surface area contributed by atoms with Gasteiger partial charge in [0.15, 0.2) is 11.7 Å². The van der Waals surface area contributed by atoms with Crippen LogP contribution in [-0.4, -0.2) is 23.5 Å². The Balaban J connectivity index is 1.37. The Bertz CT molecular complexity index is 1020. The fourth-order valence-corrected chi connectivity index (χ4v) is 3.18. The van der Waals surface area contributed by atoms with Crippen molar-refractivity contribution in [2.75, 3.05) is 6.61 Å². The van der Waals surface area contributed by atoms with Gasteiger partial charge in [-0.15, -0.1) is 11.3 Å². The van der Waals surface area contributed by atoms with Crippen molar-refractivity contribution in [3.8, 4) is 16.9 Å². The number of carbonyl (C=O) groups is 2. The van der Waals surface area contributed by atoms with Crippen molar-refractivity contribution in [3.05, 3.63) is 83.1 Å². The Kier molecular flexibility index (Phi) is 7.71. The van der Waals surface area contributed by atoms with Crippen LogP contribution < -0.4 is 20.9 Å². The second kappa shape index (κ2) is 10.9. The van der Waals surface area contributed by atoms with Crippen molar-refractivity contribution >= 4 is 46.6 Å². The summed E-state index contributed by atoms with van der Waals surface area (Å²) in [5.41, 5.74) is 7.00. The molecule has 6 nitrogen and oxygen atoms in total. The number of ether oxygens (including phenoxy) is 1. The number of benzene rings is 2. The first-order chi connectivity index (χ1) is 14.6. The summed E-state index contributed by atoms with van der Waals surface area (Å²) in [5, 5.41) is 4.34. The van der Waals surface area contributed by atoms with Crippen molar-refractivity contribution in [2.45, 2.75) is 0 Å². The monoisotopic (exact) mass is 437 g/mol. The molecule has 0 fully saturated rings. The third kappa shape index (κ3) is 6.84. The van der Waals surface area contributed by atoms with E-state index < -0.39 is 11.8 Å². The van der Waals surface area contributed by atoms with E-state index in [0.29, 0.717) is 5.75 Å². The molecule has 0 spiro atoms. The molecule has 0 aliphatic rings. The highest BCUT2D eigenvalue weighted by Gasteiger charge is 2.06. The van der Waals surface area contributed by atoms with Gasteiger partial charge in [-0.3, -0.25) is 25.8 Å². The highest BCUT2D eigenvalue weighted by Crippen LogP contribution is 2.21. The molecule has 0 unspecified atom stereocenters. The SMILES string of the molecule is O=C(C=Cc1cccs1)NC(=S)NNC(=O)COc1ccc(-c2ccccc2)cc1. The van der Waals surface area contributed by atoms with Gasteiger partial charge in [0.25, 0.3) is 5.91 Å². The minimum Gasteiger partial charge on any atom is -0.484 e. The lowest BCUT2D eigenvalue weighted by atomic mass is 10.1. The average molecular weight is 438 g/mol. The van der Waals surface area contributed by atoms with Crippen LogP contribution in [0.4, 0.5) is 0 Å². The Labute approximate surface area is 183 Å². The number of hydrogen-bond acceptors (Lipinski definition) is 5. The lowest BCUT2D eigenvalue weighted by Gasteiger charge is -2.11. The molecule has 3 rings (SSSR count). The van der Waals surface area contributed by atoms with E-state index >= 15 is 0 Å². The summed E-state index contributed by atoms with van der Waals surface area (Å²) in [6.45, 7) is -0.202. The third-order valence-corrected chi connectivity index (χ3v) is 4.87. The van der Waals surface area contributed by atoms with E-state index in [0.717, 1.165) is 16.0 Å². The Hall–Kier alpha value is -3.49. The summed E-state index contributed by atoms with van der Waals surface area (Å²) < 4.78 is 5.46. The molecule has 30 heavy (non-hydrogen) atoms. The van der Waals surface area contributed by atoms with Gasteiger partial charge in [-0.2, -0.15) is 0 Å². The second-order valence-electron chi connectivity index (χ2n) is 6.02. The normalized spacial score (nSPS) is 10.4. The molecular formula is C22H19N3O3S2. The molecule has 0 radical (unpaired) electrons. The number of amides is 2. The van der Waals surface area contributed by atoms with Gasteiger partial charge >= 0.3 is 0 Å². The zero-order valence-corrected chi connectivity index (χ0v) is 17.5. The average Bonchev–Trinajstić information content (AvgIpc) is 3.29. The van der Waals surface area contributed by atoms with E-state index in [1.807, 2.05) is 60.0 Å². The molecule has 0 aliphatic carbocycles. The number of hydrogen-bond donors (Lipinski definition) is 3. The number of thiophene rings is 1. The molecule has 0 bridgehead atoms. The molecule has 0 saturated carbocycles. The topological polar surface area (TPSA) is 79.5 Å². The minimum atomic E-state index is -0.437. The molecule has 0 aliphatic heterocycles. The zero-order chi connectivity index (χ0) is 21.2. The maximum absolute atomic E-state index is 11.9. The Morgan fingerprint density at radius 1 is 0.933 bits per heavy atom. The highest BCUT2D eigenvalue weighted by atomic mass is 32.1. The first-order valence-corrected chi connectivity index (χ1v) is 10.3. The molecule has 3 N–H and O–H groups in total. The molecule has 152 valence electrons. The van der Waals surface area contributed by atoms with Gasteiger partial charge in [0.1, 0.15) is 5.75 Å². The van der Waals surface area contributed by atoms with Crippen molar-refractivity contribution in [2.24, 2.45) is 0 Å². The quantitative estimate of drug-likeness (QED) is 0.312. The van der Waals surface area contributed by atoms with Gasteiger partial charge in [0.05, 0.1) is 0 Å². The fourth-order valence-electron chi connectivity index (χ4n) is 2.41. The lowest BCUT2D eigenvalue weighted by Crippen LogP contribution is -2.49. The maximum Gasteiger partial charge on any atom is 0.276 e. The molecule has 1 aromatic heterocycles.